The second-order valence-corrected chi connectivity index (χ2v) is 11.4. The molecule has 0 bridgehead atoms. The summed E-state index contributed by atoms with van der Waals surface area (Å²) in [6.45, 7) is 0.329. The van der Waals surface area contributed by atoms with Crippen molar-refractivity contribution < 1.29 is 5.11 Å². The Bertz CT molecular complexity index is 525. The van der Waals surface area contributed by atoms with E-state index in [4.69, 9.17) is 0 Å². The molecule has 0 amide bonds. The van der Waals surface area contributed by atoms with Gasteiger partial charge in [-0.3, -0.25) is 0 Å². The van der Waals surface area contributed by atoms with Crippen LogP contribution in [-0.4, -0.2) is 25.4 Å². The Hall–Kier alpha value is -1.11. The van der Waals surface area contributed by atoms with Crippen molar-refractivity contribution in [3.8, 4) is 0 Å². The fourth-order valence-corrected chi connectivity index (χ4v) is 9.52. The summed E-state index contributed by atoms with van der Waals surface area (Å²) in [5, 5.41) is 9.66. The van der Waals surface area contributed by atoms with Gasteiger partial charge in [-0.05, 0) is 0 Å². The van der Waals surface area contributed by atoms with Crippen LogP contribution in [0.25, 0.3) is 0 Å². The van der Waals surface area contributed by atoms with E-state index in [1.165, 1.54) is 24.0 Å². The van der Waals surface area contributed by atoms with Crippen LogP contribution in [0, 0.1) is 0 Å². The van der Waals surface area contributed by atoms with Crippen LogP contribution in [0.1, 0.15) is 35.3 Å². The van der Waals surface area contributed by atoms with E-state index in [9.17, 15) is 5.11 Å². The fraction of sp³-hybridized carbons (Fsp3) is 0.333. The minimum atomic E-state index is -1.58. The van der Waals surface area contributed by atoms with E-state index < -0.39 is 7.14 Å². The molecule has 2 aromatic carbocycles. The van der Waals surface area contributed by atoms with E-state index in [1.54, 1.807) is 0 Å². The summed E-state index contributed by atoms with van der Waals surface area (Å²) in [6, 6.07) is 21.9. The molecule has 0 aromatic heterocycles. The average Bonchev–Trinajstić information content (AvgIpc) is 2.86. The van der Waals surface area contributed by atoms with Gasteiger partial charge < -0.3 is 0 Å². The molecule has 0 radical (unpaired) electrons. The van der Waals surface area contributed by atoms with Crippen LogP contribution in [0.3, 0.4) is 0 Å². The molecule has 1 unspecified atom stereocenters. The van der Waals surface area contributed by atoms with Crippen molar-refractivity contribution in [1.29, 1.82) is 0 Å². The van der Waals surface area contributed by atoms with Gasteiger partial charge in [0.2, 0.25) is 0 Å². The van der Waals surface area contributed by atoms with Crippen LogP contribution < -0.4 is 0 Å². The van der Waals surface area contributed by atoms with Crippen LogP contribution in [-0.2, 0) is 0 Å². The third kappa shape index (κ3) is 2.80. The molecule has 1 aliphatic rings. The van der Waals surface area contributed by atoms with Gasteiger partial charge in [-0.25, -0.2) is 0 Å². The summed E-state index contributed by atoms with van der Waals surface area (Å²) < 4.78 is 0. The maximum atomic E-state index is 9.66. The van der Waals surface area contributed by atoms with Gasteiger partial charge in [0, 0.05) is 0 Å². The second-order valence-electron chi connectivity index (χ2n) is 6.48. The molecule has 2 aromatic rings. The summed E-state index contributed by atoms with van der Waals surface area (Å²) in [5.41, 5.74) is 4.32. The number of aliphatic hydroxyl groups excluding tert-OH is 1. The summed E-state index contributed by atoms with van der Waals surface area (Å²) >= 11 is 0. The van der Waals surface area contributed by atoms with E-state index in [-0.39, 0.29) is 0 Å². The quantitative estimate of drug-likeness (QED) is 0.676. The van der Waals surface area contributed by atoms with Gasteiger partial charge in [-0.2, -0.15) is 0 Å². The first-order valence-electron chi connectivity index (χ1n) is 7.96. The van der Waals surface area contributed by atoms with Gasteiger partial charge in [0.25, 0.3) is 0 Å². The third-order valence-corrected chi connectivity index (χ3v) is 11.1. The number of hydrogen-bond acceptors (Lipinski definition) is 1. The van der Waals surface area contributed by atoms with Crippen LogP contribution in [0.5, 0.6) is 0 Å². The Labute approximate surface area is 129 Å². The Morgan fingerprint density at radius 2 is 1.29 bits per heavy atom. The summed E-state index contributed by atoms with van der Waals surface area (Å²) in [6.07, 6.45) is 3.55. The fourth-order valence-electron chi connectivity index (χ4n) is 4.29. The van der Waals surface area contributed by atoms with Crippen molar-refractivity contribution in [1.82, 2.24) is 0 Å². The molecule has 1 fully saturated rings. The van der Waals surface area contributed by atoms with Gasteiger partial charge in [0.1, 0.15) is 0 Å². The first-order chi connectivity index (χ1) is 10.3. The molecule has 2 atom stereocenters. The molecule has 1 saturated heterocycles. The zero-order valence-corrected chi connectivity index (χ0v) is 13.7. The van der Waals surface area contributed by atoms with Crippen molar-refractivity contribution in [2.45, 2.75) is 24.2 Å². The molecule has 3 heteroatoms. The van der Waals surface area contributed by atoms with Crippen molar-refractivity contribution in [2.24, 2.45) is 0 Å². The topological polar surface area (TPSA) is 20.2 Å². The molecular formula is C18H24BOP. The first kappa shape index (κ1) is 14.8. The van der Waals surface area contributed by atoms with Crippen molar-refractivity contribution in [2.75, 3.05) is 12.8 Å². The second kappa shape index (κ2) is 6.34. The molecule has 21 heavy (non-hydrogen) atoms. The van der Waals surface area contributed by atoms with Crippen molar-refractivity contribution in [3.05, 3.63) is 71.8 Å². The predicted molar refractivity (Wildman–Crippen MR) is 96.4 cm³/mol. The molecule has 1 N–H and O–H groups in total. The number of aliphatic hydroxyl groups is 1. The minimum absolute atomic E-state index is 0.329. The van der Waals surface area contributed by atoms with E-state index >= 15 is 0 Å². The van der Waals surface area contributed by atoms with E-state index in [1.807, 2.05) is 0 Å². The summed E-state index contributed by atoms with van der Waals surface area (Å²) in [4.78, 5) is 0. The SMILES string of the molecule is B[PH]1(CCO)C(c2ccccc2)CC[C@@H]1c1ccccc1. The summed E-state index contributed by atoms with van der Waals surface area (Å²) in [5.74, 6) is 0. The van der Waals surface area contributed by atoms with Crippen LogP contribution in [0.15, 0.2) is 60.7 Å². The number of benzene rings is 2. The van der Waals surface area contributed by atoms with Gasteiger partial charge in [-0.1, -0.05) is 0 Å². The molecule has 0 spiro atoms. The van der Waals surface area contributed by atoms with Crippen LogP contribution >= 0.6 is 7.14 Å². The van der Waals surface area contributed by atoms with Gasteiger partial charge in [0.05, 0.1) is 0 Å². The standard InChI is InChI=1S/C18H24BOP/c19-21(14-13-20)17(15-7-3-1-4-8-15)11-12-18(21)16-9-5-2-6-10-16/h1-10,17-18,20-21H,11-14,19H2/t17-,18?/m1/s1. The molecule has 110 valence electrons. The summed E-state index contributed by atoms with van der Waals surface area (Å²) in [7, 11) is 0.929. The predicted octanol–water partition coefficient (Wildman–Crippen LogP) is 3.55. The average molecular weight is 298 g/mol. The number of rotatable bonds is 4. The molecular weight excluding hydrogens is 274 g/mol. The van der Waals surface area contributed by atoms with Gasteiger partial charge in [-0.15, -0.1) is 0 Å². The van der Waals surface area contributed by atoms with Crippen LogP contribution in [0.4, 0.5) is 0 Å². The van der Waals surface area contributed by atoms with Gasteiger partial charge >= 0.3 is 129 Å². The Kier molecular flexibility index (Phi) is 4.47. The molecule has 1 heterocycles. The van der Waals surface area contributed by atoms with E-state index in [2.05, 4.69) is 68.2 Å². The first-order valence-corrected chi connectivity index (χ1v) is 10.8. The zero-order valence-electron chi connectivity index (χ0n) is 12.7. The monoisotopic (exact) mass is 298 g/mol. The molecule has 0 aliphatic carbocycles. The third-order valence-electron chi connectivity index (χ3n) is 5.39. The van der Waals surface area contributed by atoms with E-state index in [0.29, 0.717) is 17.9 Å². The van der Waals surface area contributed by atoms with Crippen LogP contribution in [0.2, 0.25) is 0 Å². The number of hydrogen-bond donors (Lipinski definition) is 1. The molecule has 1 nitrogen and oxygen atoms in total. The maximum absolute atomic E-state index is 9.66. The van der Waals surface area contributed by atoms with E-state index in [0.717, 1.165) is 6.16 Å². The Morgan fingerprint density at radius 3 is 1.67 bits per heavy atom. The van der Waals surface area contributed by atoms with Gasteiger partial charge in [0.15, 0.2) is 0 Å². The molecule has 0 saturated carbocycles. The molecule has 3 rings (SSSR count). The Balaban J connectivity index is 1.97. The Morgan fingerprint density at radius 1 is 0.857 bits per heavy atom. The zero-order chi connectivity index (χ0) is 14.7. The van der Waals surface area contributed by atoms with Crippen molar-refractivity contribution in [3.63, 3.8) is 0 Å². The molecule has 1 aliphatic heterocycles. The normalized spacial score (nSPS) is 25.6. The van der Waals surface area contributed by atoms with Crippen molar-refractivity contribution >= 4 is 14.7 Å².